The number of nitrogens with two attached hydrogens (primary N) is 1. The zero-order valence-electron chi connectivity index (χ0n) is 11.1. The standard InChI is InChI=1S/C14H22N2O2/c1-11-5-7-13(8-6-11)18-12(2)10-16-14(17)4-3-9-15/h5-8,12H,3-4,9-10,15H2,1-2H3,(H,16,17). The van der Waals surface area contributed by atoms with Crippen LogP contribution in [0.4, 0.5) is 0 Å². The summed E-state index contributed by atoms with van der Waals surface area (Å²) in [6.07, 6.45) is 1.15. The lowest BCUT2D eigenvalue weighted by molar-refractivity contribution is -0.121. The molecule has 18 heavy (non-hydrogen) atoms. The van der Waals surface area contributed by atoms with E-state index >= 15 is 0 Å². The van der Waals surface area contributed by atoms with E-state index in [1.807, 2.05) is 38.1 Å². The van der Waals surface area contributed by atoms with Crippen molar-refractivity contribution in [1.29, 1.82) is 0 Å². The number of nitrogens with one attached hydrogen (secondary N) is 1. The Hall–Kier alpha value is -1.55. The highest BCUT2D eigenvalue weighted by atomic mass is 16.5. The molecule has 3 N–H and O–H groups in total. The minimum Gasteiger partial charge on any atom is -0.489 e. The summed E-state index contributed by atoms with van der Waals surface area (Å²) in [5.74, 6) is 0.851. The van der Waals surface area contributed by atoms with Gasteiger partial charge >= 0.3 is 0 Å². The van der Waals surface area contributed by atoms with E-state index in [4.69, 9.17) is 10.5 Å². The third kappa shape index (κ3) is 5.68. The van der Waals surface area contributed by atoms with Gasteiger partial charge in [0.05, 0.1) is 6.54 Å². The van der Waals surface area contributed by atoms with Crippen molar-refractivity contribution in [3.05, 3.63) is 29.8 Å². The Kier molecular flexibility index (Phi) is 6.22. The molecule has 0 bridgehead atoms. The average Bonchev–Trinajstić information content (AvgIpc) is 2.36. The second kappa shape index (κ2) is 7.71. The van der Waals surface area contributed by atoms with Crippen molar-refractivity contribution in [2.45, 2.75) is 32.8 Å². The third-order valence-electron chi connectivity index (χ3n) is 2.55. The van der Waals surface area contributed by atoms with Crippen LogP contribution in [0.15, 0.2) is 24.3 Å². The Morgan fingerprint density at radius 2 is 2.06 bits per heavy atom. The summed E-state index contributed by atoms with van der Waals surface area (Å²) in [5, 5.41) is 2.83. The normalized spacial score (nSPS) is 11.9. The van der Waals surface area contributed by atoms with Crippen molar-refractivity contribution in [1.82, 2.24) is 5.32 Å². The monoisotopic (exact) mass is 250 g/mol. The smallest absolute Gasteiger partial charge is 0.220 e. The van der Waals surface area contributed by atoms with Crippen molar-refractivity contribution in [3.63, 3.8) is 0 Å². The van der Waals surface area contributed by atoms with E-state index in [9.17, 15) is 4.79 Å². The van der Waals surface area contributed by atoms with E-state index < -0.39 is 0 Å². The van der Waals surface area contributed by atoms with E-state index in [0.717, 1.165) is 12.2 Å². The van der Waals surface area contributed by atoms with Crippen LogP contribution in [0.2, 0.25) is 0 Å². The number of ether oxygens (including phenoxy) is 1. The maximum Gasteiger partial charge on any atom is 0.220 e. The fourth-order valence-corrected chi connectivity index (χ4v) is 1.50. The fraction of sp³-hybridized carbons (Fsp3) is 0.500. The van der Waals surface area contributed by atoms with Gasteiger partial charge in [0.15, 0.2) is 0 Å². The largest absolute Gasteiger partial charge is 0.489 e. The van der Waals surface area contributed by atoms with Crippen LogP contribution in [0.3, 0.4) is 0 Å². The lowest BCUT2D eigenvalue weighted by Crippen LogP contribution is -2.33. The molecule has 0 radical (unpaired) electrons. The van der Waals surface area contributed by atoms with Crippen LogP contribution in [0.1, 0.15) is 25.3 Å². The molecule has 4 nitrogen and oxygen atoms in total. The Labute approximate surface area is 109 Å². The zero-order valence-corrected chi connectivity index (χ0v) is 11.1. The van der Waals surface area contributed by atoms with Gasteiger partial charge in [-0.05, 0) is 38.9 Å². The van der Waals surface area contributed by atoms with Crippen LogP contribution < -0.4 is 15.8 Å². The maximum atomic E-state index is 11.4. The molecule has 1 atom stereocenters. The van der Waals surface area contributed by atoms with Gasteiger partial charge in [-0.2, -0.15) is 0 Å². The average molecular weight is 250 g/mol. The third-order valence-corrected chi connectivity index (χ3v) is 2.55. The van der Waals surface area contributed by atoms with Gasteiger partial charge in [-0.25, -0.2) is 0 Å². The highest BCUT2D eigenvalue weighted by Gasteiger charge is 2.06. The lowest BCUT2D eigenvalue weighted by atomic mass is 10.2. The fourth-order valence-electron chi connectivity index (χ4n) is 1.50. The van der Waals surface area contributed by atoms with E-state index in [-0.39, 0.29) is 12.0 Å². The van der Waals surface area contributed by atoms with Gasteiger partial charge < -0.3 is 15.8 Å². The molecule has 4 heteroatoms. The molecule has 0 saturated carbocycles. The second-order valence-electron chi connectivity index (χ2n) is 4.44. The second-order valence-corrected chi connectivity index (χ2v) is 4.44. The molecule has 1 aromatic rings. The molecule has 0 aliphatic heterocycles. The Morgan fingerprint density at radius 3 is 2.67 bits per heavy atom. The van der Waals surface area contributed by atoms with Gasteiger partial charge in [-0.3, -0.25) is 4.79 Å². The first-order chi connectivity index (χ1) is 8.61. The molecule has 0 heterocycles. The van der Waals surface area contributed by atoms with Gasteiger partial charge in [0, 0.05) is 6.42 Å². The highest BCUT2D eigenvalue weighted by molar-refractivity contribution is 5.75. The number of rotatable bonds is 7. The van der Waals surface area contributed by atoms with Gasteiger partial charge in [0.25, 0.3) is 0 Å². The van der Waals surface area contributed by atoms with Crippen LogP contribution in [0.5, 0.6) is 5.75 Å². The quantitative estimate of drug-likeness (QED) is 0.773. The Bertz CT molecular complexity index is 363. The molecular formula is C14H22N2O2. The molecule has 1 aromatic carbocycles. The SMILES string of the molecule is Cc1ccc(OC(C)CNC(=O)CCCN)cc1. The number of benzene rings is 1. The lowest BCUT2D eigenvalue weighted by Gasteiger charge is -2.15. The Balaban J connectivity index is 2.27. The molecule has 1 unspecified atom stereocenters. The predicted molar refractivity (Wildman–Crippen MR) is 72.6 cm³/mol. The minimum atomic E-state index is -0.0467. The molecular weight excluding hydrogens is 228 g/mol. The molecule has 0 spiro atoms. The summed E-state index contributed by atoms with van der Waals surface area (Å²) >= 11 is 0. The molecule has 0 saturated heterocycles. The van der Waals surface area contributed by atoms with Crippen LogP contribution >= 0.6 is 0 Å². The topological polar surface area (TPSA) is 64.3 Å². The number of hydrogen-bond acceptors (Lipinski definition) is 3. The van der Waals surface area contributed by atoms with Crippen molar-refractivity contribution >= 4 is 5.91 Å². The van der Waals surface area contributed by atoms with Crippen molar-refractivity contribution < 1.29 is 9.53 Å². The summed E-state index contributed by atoms with van der Waals surface area (Å²) in [4.78, 5) is 11.4. The first-order valence-corrected chi connectivity index (χ1v) is 6.32. The maximum absolute atomic E-state index is 11.4. The summed E-state index contributed by atoms with van der Waals surface area (Å²) in [6, 6.07) is 7.87. The van der Waals surface area contributed by atoms with Gasteiger partial charge in [0.2, 0.25) is 5.91 Å². The number of carbonyl (C=O) groups is 1. The Morgan fingerprint density at radius 1 is 1.39 bits per heavy atom. The summed E-state index contributed by atoms with van der Waals surface area (Å²) in [6.45, 7) is 5.02. The van der Waals surface area contributed by atoms with Gasteiger partial charge in [-0.1, -0.05) is 17.7 Å². The first kappa shape index (κ1) is 14.5. The number of amides is 1. The summed E-state index contributed by atoms with van der Waals surface area (Å²) in [5.41, 5.74) is 6.54. The molecule has 0 aromatic heterocycles. The van der Waals surface area contributed by atoms with Crippen LogP contribution in [0.25, 0.3) is 0 Å². The summed E-state index contributed by atoms with van der Waals surface area (Å²) < 4.78 is 5.68. The van der Waals surface area contributed by atoms with Gasteiger partial charge in [0.1, 0.15) is 11.9 Å². The van der Waals surface area contributed by atoms with E-state index in [0.29, 0.717) is 19.5 Å². The van der Waals surface area contributed by atoms with Crippen molar-refractivity contribution in [3.8, 4) is 5.75 Å². The van der Waals surface area contributed by atoms with Crippen LogP contribution in [-0.4, -0.2) is 25.1 Å². The molecule has 0 fully saturated rings. The van der Waals surface area contributed by atoms with E-state index in [1.165, 1.54) is 5.56 Å². The minimum absolute atomic E-state index is 0.0276. The first-order valence-electron chi connectivity index (χ1n) is 6.32. The van der Waals surface area contributed by atoms with E-state index in [2.05, 4.69) is 5.32 Å². The predicted octanol–water partition coefficient (Wildman–Crippen LogP) is 1.62. The number of aryl methyl sites for hydroxylation is 1. The molecule has 0 aliphatic rings. The molecule has 1 amide bonds. The van der Waals surface area contributed by atoms with Crippen LogP contribution in [-0.2, 0) is 4.79 Å². The van der Waals surface area contributed by atoms with Crippen molar-refractivity contribution in [2.24, 2.45) is 5.73 Å². The molecule has 100 valence electrons. The molecule has 0 aliphatic carbocycles. The van der Waals surface area contributed by atoms with E-state index in [1.54, 1.807) is 0 Å². The van der Waals surface area contributed by atoms with Crippen molar-refractivity contribution in [2.75, 3.05) is 13.1 Å². The number of carbonyl (C=O) groups excluding carboxylic acids is 1. The number of hydrogen-bond donors (Lipinski definition) is 2. The highest BCUT2D eigenvalue weighted by Crippen LogP contribution is 2.12. The van der Waals surface area contributed by atoms with Gasteiger partial charge in [-0.15, -0.1) is 0 Å². The molecule has 1 rings (SSSR count). The van der Waals surface area contributed by atoms with Crippen LogP contribution in [0, 0.1) is 6.92 Å². The summed E-state index contributed by atoms with van der Waals surface area (Å²) in [7, 11) is 0. The zero-order chi connectivity index (χ0) is 13.4.